The average molecular weight is 239 g/mol. The molecule has 1 aromatic rings. The topological polar surface area (TPSA) is 36.7 Å². The molecular formula is C8HF6N2. The van der Waals surface area contributed by atoms with Crippen LogP contribution in [0.1, 0.15) is 16.8 Å². The highest BCUT2D eigenvalue weighted by Gasteiger charge is 2.39. The van der Waals surface area contributed by atoms with E-state index in [9.17, 15) is 26.3 Å². The summed E-state index contributed by atoms with van der Waals surface area (Å²) in [5, 5.41) is 8.27. The van der Waals surface area contributed by atoms with Crippen molar-refractivity contribution < 1.29 is 26.3 Å². The molecule has 1 radical (unpaired) electrons. The number of hydrogen-bond acceptors (Lipinski definition) is 2. The minimum atomic E-state index is -5.05. The van der Waals surface area contributed by atoms with Crippen LogP contribution in [0.2, 0.25) is 0 Å². The number of aromatic nitrogens is 1. The van der Waals surface area contributed by atoms with Gasteiger partial charge in [0.1, 0.15) is 18.0 Å². The van der Waals surface area contributed by atoms with Crippen LogP contribution >= 0.6 is 0 Å². The molecule has 16 heavy (non-hydrogen) atoms. The van der Waals surface area contributed by atoms with Crippen molar-refractivity contribution in [2.75, 3.05) is 0 Å². The van der Waals surface area contributed by atoms with E-state index in [1.54, 1.807) is 0 Å². The molecule has 0 spiro atoms. The Morgan fingerprint density at radius 1 is 1.12 bits per heavy atom. The maximum atomic E-state index is 12.2. The molecule has 0 aromatic carbocycles. The first-order valence-electron chi connectivity index (χ1n) is 3.63. The van der Waals surface area contributed by atoms with Gasteiger partial charge in [0.15, 0.2) is 0 Å². The SMILES string of the molecule is N#Cc1[c]nc(C(F)(F)F)cc1C(F)(F)F. The molecule has 85 valence electrons. The van der Waals surface area contributed by atoms with Crippen LogP contribution in [0.25, 0.3) is 0 Å². The molecule has 0 amide bonds. The lowest BCUT2D eigenvalue weighted by Gasteiger charge is -2.11. The minimum absolute atomic E-state index is 0.213. The molecular weight excluding hydrogens is 238 g/mol. The third-order valence-corrected chi connectivity index (χ3v) is 1.55. The van der Waals surface area contributed by atoms with Crippen LogP contribution in [0, 0.1) is 17.5 Å². The number of halogens is 6. The van der Waals surface area contributed by atoms with Gasteiger partial charge in [-0.3, -0.25) is 0 Å². The molecule has 0 N–H and O–H groups in total. The van der Waals surface area contributed by atoms with Gasteiger partial charge in [0.05, 0.1) is 11.1 Å². The predicted molar refractivity (Wildman–Crippen MR) is 37.8 cm³/mol. The van der Waals surface area contributed by atoms with Crippen molar-refractivity contribution in [3.05, 3.63) is 29.1 Å². The molecule has 0 atom stereocenters. The summed E-state index contributed by atoms with van der Waals surface area (Å²) in [6, 6.07) is 0.862. The van der Waals surface area contributed by atoms with E-state index in [1.165, 1.54) is 6.20 Å². The van der Waals surface area contributed by atoms with E-state index >= 15 is 0 Å². The summed E-state index contributed by atoms with van der Waals surface area (Å²) < 4.78 is 72.9. The van der Waals surface area contributed by atoms with E-state index in [0.717, 1.165) is 6.07 Å². The highest BCUT2D eigenvalue weighted by atomic mass is 19.4. The number of hydrogen-bond donors (Lipinski definition) is 0. The number of nitrogens with zero attached hydrogens (tertiary/aromatic N) is 2. The lowest BCUT2D eigenvalue weighted by molar-refractivity contribution is -0.145. The Hall–Kier alpha value is -1.78. The van der Waals surface area contributed by atoms with Gasteiger partial charge < -0.3 is 0 Å². The zero-order chi connectivity index (χ0) is 12.6. The normalized spacial score (nSPS) is 12.3. The number of rotatable bonds is 0. The van der Waals surface area contributed by atoms with Gasteiger partial charge in [-0.15, -0.1) is 0 Å². The van der Waals surface area contributed by atoms with E-state index in [2.05, 4.69) is 4.98 Å². The fourth-order valence-electron chi connectivity index (χ4n) is 0.872. The third kappa shape index (κ3) is 2.42. The molecule has 8 heteroatoms. The summed E-state index contributed by atoms with van der Waals surface area (Å²) in [4.78, 5) is 2.62. The fourth-order valence-corrected chi connectivity index (χ4v) is 0.872. The van der Waals surface area contributed by atoms with Crippen molar-refractivity contribution in [3.8, 4) is 6.07 Å². The Balaban J connectivity index is 3.41. The lowest BCUT2D eigenvalue weighted by Crippen LogP contribution is -2.14. The minimum Gasteiger partial charge on any atom is -0.240 e. The van der Waals surface area contributed by atoms with Gasteiger partial charge in [-0.25, -0.2) is 4.98 Å². The Labute approximate surface area is 85.1 Å². The molecule has 0 saturated heterocycles. The summed E-state index contributed by atoms with van der Waals surface area (Å²) in [5.74, 6) is 0. The van der Waals surface area contributed by atoms with Crippen molar-refractivity contribution in [1.82, 2.24) is 4.98 Å². The van der Waals surface area contributed by atoms with Crippen molar-refractivity contribution in [2.45, 2.75) is 12.4 Å². The first-order chi connectivity index (χ1) is 7.16. The molecule has 1 aromatic heterocycles. The van der Waals surface area contributed by atoms with Gasteiger partial charge >= 0.3 is 12.4 Å². The van der Waals surface area contributed by atoms with Crippen LogP contribution in [0.4, 0.5) is 26.3 Å². The fraction of sp³-hybridized carbons (Fsp3) is 0.250. The Morgan fingerprint density at radius 2 is 1.69 bits per heavy atom. The first-order valence-corrected chi connectivity index (χ1v) is 3.63. The quantitative estimate of drug-likeness (QED) is 0.652. The van der Waals surface area contributed by atoms with Gasteiger partial charge in [-0.2, -0.15) is 31.6 Å². The average Bonchev–Trinajstić information content (AvgIpc) is 2.14. The maximum absolute atomic E-state index is 12.2. The summed E-state index contributed by atoms with van der Waals surface area (Å²) in [6.45, 7) is 0. The van der Waals surface area contributed by atoms with Crippen LogP contribution in [0.15, 0.2) is 6.07 Å². The predicted octanol–water partition coefficient (Wildman–Crippen LogP) is 2.79. The molecule has 0 aliphatic carbocycles. The van der Waals surface area contributed by atoms with Crippen molar-refractivity contribution in [2.24, 2.45) is 0 Å². The largest absolute Gasteiger partial charge is 0.433 e. The molecule has 0 fully saturated rings. The van der Waals surface area contributed by atoms with Crippen LogP contribution in [-0.2, 0) is 12.4 Å². The second-order valence-electron chi connectivity index (χ2n) is 2.65. The molecule has 0 aliphatic heterocycles. The van der Waals surface area contributed by atoms with Gasteiger partial charge in [0.2, 0.25) is 0 Å². The lowest BCUT2D eigenvalue weighted by atomic mass is 10.1. The summed E-state index contributed by atoms with van der Waals surface area (Å²) >= 11 is 0. The summed E-state index contributed by atoms with van der Waals surface area (Å²) in [7, 11) is 0. The Kier molecular flexibility index (Phi) is 2.81. The van der Waals surface area contributed by atoms with Crippen LogP contribution < -0.4 is 0 Å². The van der Waals surface area contributed by atoms with Gasteiger partial charge in [0.25, 0.3) is 0 Å². The Morgan fingerprint density at radius 3 is 2.06 bits per heavy atom. The van der Waals surface area contributed by atoms with Crippen molar-refractivity contribution >= 4 is 0 Å². The van der Waals surface area contributed by atoms with Gasteiger partial charge in [0, 0.05) is 0 Å². The zero-order valence-electron chi connectivity index (χ0n) is 7.24. The molecule has 0 unspecified atom stereocenters. The molecule has 2 nitrogen and oxygen atoms in total. The van der Waals surface area contributed by atoms with Crippen LogP contribution in [-0.4, -0.2) is 4.98 Å². The van der Waals surface area contributed by atoms with Crippen LogP contribution in [0.3, 0.4) is 0 Å². The molecule has 0 bridgehead atoms. The van der Waals surface area contributed by atoms with Crippen LogP contribution in [0.5, 0.6) is 0 Å². The number of alkyl halides is 6. The second-order valence-corrected chi connectivity index (χ2v) is 2.65. The summed E-state index contributed by atoms with van der Waals surface area (Å²) in [5.41, 5.74) is -4.50. The smallest absolute Gasteiger partial charge is 0.240 e. The highest BCUT2D eigenvalue weighted by molar-refractivity contribution is 5.38. The zero-order valence-corrected chi connectivity index (χ0v) is 7.24. The standard InChI is InChI=1S/C8HF6N2/c9-7(10,11)5-1-6(8(12,13)14)16-3-4(5)2-15/h1H. The number of nitriles is 1. The molecule has 1 heterocycles. The summed E-state index contributed by atoms with van der Waals surface area (Å²) in [6.07, 6.45) is -8.64. The monoisotopic (exact) mass is 239 g/mol. The van der Waals surface area contributed by atoms with E-state index in [1.807, 2.05) is 0 Å². The Bertz CT molecular complexity index is 439. The van der Waals surface area contributed by atoms with Gasteiger partial charge in [-0.05, 0) is 6.07 Å². The maximum Gasteiger partial charge on any atom is 0.433 e. The highest BCUT2D eigenvalue weighted by Crippen LogP contribution is 2.35. The molecule has 0 aliphatic rings. The number of pyridine rings is 1. The first kappa shape index (κ1) is 12.3. The van der Waals surface area contributed by atoms with E-state index in [0.29, 0.717) is 0 Å². The third-order valence-electron chi connectivity index (χ3n) is 1.55. The molecule has 0 saturated carbocycles. The van der Waals surface area contributed by atoms with E-state index < -0.39 is 29.2 Å². The van der Waals surface area contributed by atoms with E-state index in [4.69, 9.17) is 5.26 Å². The van der Waals surface area contributed by atoms with Crippen molar-refractivity contribution in [3.63, 3.8) is 0 Å². The molecule has 1 rings (SSSR count). The second kappa shape index (κ2) is 3.66. The van der Waals surface area contributed by atoms with E-state index in [-0.39, 0.29) is 6.07 Å². The van der Waals surface area contributed by atoms with Gasteiger partial charge in [-0.1, -0.05) is 0 Å². The van der Waals surface area contributed by atoms with Crippen molar-refractivity contribution in [1.29, 1.82) is 5.26 Å².